The summed E-state index contributed by atoms with van der Waals surface area (Å²) in [7, 11) is 0. The summed E-state index contributed by atoms with van der Waals surface area (Å²) >= 11 is 0. The van der Waals surface area contributed by atoms with E-state index in [4.69, 9.17) is 5.73 Å². The fourth-order valence-corrected chi connectivity index (χ4v) is 2.16. The minimum Gasteiger partial charge on any atom is -0.330 e. The van der Waals surface area contributed by atoms with Gasteiger partial charge in [-0.2, -0.15) is 0 Å². The molecule has 1 aromatic rings. The number of anilines is 1. The van der Waals surface area contributed by atoms with Crippen LogP contribution in [0.25, 0.3) is 0 Å². The predicted octanol–water partition coefficient (Wildman–Crippen LogP) is 3.11. The van der Waals surface area contributed by atoms with Gasteiger partial charge in [-0.1, -0.05) is 38.0 Å². The summed E-state index contributed by atoms with van der Waals surface area (Å²) in [5.41, 5.74) is 7.76. The van der Waals surface area contributed by atoms with Gasteiger partial charge in [0.05, 0.1) is 0 Å². The largest absolute Gasteiger partial charge is 0.330 e. The summed E-state index contributed by atoms with van der Waals surface area (Å²) in [5, 5.41) is 0. The molecule has 0 fully saturated rings. The predicted molar refractivity (Wildman–Crippen MR) is 81.3 cm³/mol. The van der Waals surface area contributed by atoms with Crippen LogP contribution in [0.2, 0.25) is 0 Å². The summed E-state index contributed by atoms with van der Waals surface area (Å²) in [5.74, 6) is 0.281. The Morgan fingerprint density at radius 2 is 1.95 bits per heavy atom. The second kappa shape index (κ2) is 7.95. The van der Waals surface area contributed by atoms with Gasteiger partial charge < -0.3 is 10.6 Å². The zero-order valence-electron chi connectivity index (χ0n) is 12.4. The van der Waals surface area contributed by atoms with Gasteiger partial charge in [-0.25, -0.2) is 0 Å². The van der Waals surface area contributed by atoms with Crippen molar-refractivity contribution in [3.63, 3.8) is 0 Å². The molecule has 0 aliphatic rings. The van der Waals surface area contributed by atoms with E-state index < -0.39 is 0 Å². The van der Waals surface area contributed by atoms with E-state index in [1.165, 1.54) is 5.56 Å². The molecule has 1 amide bonds. The minimum absolute atomic E-state index is 0.0732. The Kier molecular flexibility index (Phi) is 6.57. The molecule has 1 unspecified atom stereocenters. The maximum atomic E-state index is 12.5. The summed E-state index contributed by atoms with van der Waals surface area (Å²) in [6.45, 7) is 7.48. The first-order chi connectivity index (χ1) is 9.10. The molecule has 1 atom stereocenters. The fraction of sp³-hybridized carbons (Fsp3) is 0.562. The van der Waals surface area contributed by atoms with Crippen LogP contribution in [0, 0.1) is 12.8 Å². The lowest BCUT2D eigenvalue weighted by Gasteiger charge is -2.26. The number of carbonyl (C=O) groups is 1. The third-order valence-electron chi connectivity index (χ3n) is 3.34. The lowest BCUT2D eigenvalue weighted by atomic mass is 10.0. The summed E-state index contributed by atoms with van der Waals surface area (Å²) in [6, 6.07) is 8.12. The lowest BCUT2D eigenvalue weighted by Crippen LogP contribution is -2.36. The summed E-state index contributed by atoms with van der Waals surface area (Å²) in [4.78, 5) is 14.4. The Labute approximate surface area is 116 Å². The van der Waals surface area contributed by atoms with E-state index in [0.29, 0.717) is 13.1 Å². The standard InChI is InChI=1S/C16H26N2O/c1-4-6-14(3)16(19)18(12-5-11-17)15-9-7-13(2)8-10-15/h7-10,14H,4-6,11-12,17H2,1-3H3. The van der Waals surface area contributed by atoms with Gasteiger partial charge in [-0.15, -0.1) is 0 Å². The van der Waals surface area contributed by atoms with Crippen LogP contribution in [0.15, 0.2) is 24.3 Å². The van der Waals surface area contributed by atoms with Crippen LogP contribution < -0.4 is 10.6 Å². The summed E-state index contributed by atoms with van der Waals surface area (Å²) in [6.07, 6.45) is 2.80. The molecule has 1 rings (SSSR count). The smallest absolute Gasteiger partial charge is 0.229 e. The Morgan fingerprint density at radius 3 is 2.47 bits per heavy atom. The molecule has 0 aliphatic carbocycles. The number of amides is 1. The van der Waals surface area contributed by atoms with Gasteiger partial charge in [0, 0.05) is 18.2 Å². The Bertz CT molecular complexity index is 386. The average molecular weight is 262 g/mol. The van der Waals surface area contributed by atoms with Crippen molar-refractivity contribution in [2.24, 2.45) is 11.7 Å². The van der Waals surface area contributed by atoms with Gasteiger partial charge in [0.2, 0.25) is 5.91 Å². The molecule has 0 saturated carbocycles. The van der Waals surface area contributed by atoms with Crippen LogP contribution in [0.3, 0.4) is 0 Å². The summed E-state index contributed by atoms with van der Waals surface area (Å²) < 4.78 is 0. The highest BCUT2D eigenvalue weighted by molar-refractivity contribution is 5.94. The van der Waals surface area contributed by atoms with Crippen LogP contribution in [0.4, 0.5) is 5.69 Å². The quantitative estimate of drug-likeness (QED) is 0.820. The van der Waals surface area contributed by atoms with E-state index in [1.54, 1.807) is 0 Å². The van der Waals surface area contributed by atoms with Gasteiger partial charge in [0.1, 0.15) is 0 Å². The molecule has 3 nitrogen and oxygen atoms in total. The van der Waals surface area contributed by atoms with E-state index in [1.807, 2.05) is 36.1 Å². The second-order valence-electron chi connectivity index (χ2n) is 5.16. The van der Waals surface area contributed by atoms with Crippen LogP contribution >= 0.6 is 0 Å². The molecule has 0 aromatic heterocycles. The lowest BCUT2D eigenvalue weighted by molar-refractivity contribution is -0.122. The maximum absolute atomic E-state index is 12.5. The number of benzene rings is 1. The van der Waals surface area contributed by atoms with Crippen molar-refractivity contribution in [3.05, 3.63) is 29.8 Å². The maximum Gasteiger partial charge on any atom is 0.229 e. The molecular weight excluding hydrogens is 236 g/mol. The first kappa shape index (κ1) is 15.7. The van der Waals surface area contributed by atoms with Gasteiger partial charge in [0.25, 0.3) is 0 Å². The molecule has 0 radical (unpaired) electrons. The van der Waals surface area contributed by atoms with Crippen LogP contribution in [-0.2, 0) is 4.79 Å². The van der Waals surface area contributed by atoms with E-state index in [-0.39, 0.29) is 11.8 Å². The molecule has 0 bridgehead atoms. The van der Waals surface area contributed by atoms with Crippen molar-refractivity contribution in [1.29, 1.82) is 0 Å². The van der Waals surface area contributed by atoms with Gasteiger partial charge in [-0.05, 0) is 38.4 Å². The Hall–Kier alpha value is -1.35. The Balaban J connectivity index is 2.87. The normalized spacial score (nSPS) is 12.2. The third kappa shape index (κ3) is 4.67. The molecule has 2 N–H and O–H groups in total. The Morgan fingerprint density at radius 1 is 1.32 bits per heavy atom. The van der Waals surface area contributed by atoms with Crippen molar-refractivity contribution in [3.8, 4) is 0 Å². The molecule has 1 aromatic carbocycles. The van der Waals surface area contributed by atoms with Crippen molar-refractivity contribution >= 4 is 11.6 Å². The third-order valence-corrected chi connectivity index (χ3v) is 3.34. The molecule has 0 spiro atoms. The van der Waals surface area contributed by atoms with Crippen molar-refractivity contribution in [2.45, 2.75) is 40.0 Å². The van der Waals surface area contributed by atoms with E-state index in [9.17, 15) is 4.79 Å². The number of rotatable bonds is 7. The number of nitrogens with two attached hydrogens (primary N) is 1. The molecule has 3 heteroatoms. The number of nitrogens with zero attached hydrogens (tertiary/aromatic N) is 1. The van der Waals surface area contributed by atoms with Crippen molar-refractivity contribution < 1.29 is 4.79 Å². The second-order valence-corrected chi connectivity index (χ2v) is 5.16. The van der Waals surface area contributed by atoms with Crippen LogP contribution in [0.5, 0.6) is 0 Å². The minimum atomic E-state index is 0.0732. The monoisotopic (exact) mass is 262 g/mol. The van der Waals surface area contributed by atoms with Crippen molar-refractivity contribution in [2.75, 3.05) is 18.0 Å². The van der Waals surface area contributed by atoms with Gasteiger partial charge in [0.15, 0.2) is 0 Å². The van der Waals surface area contributed by atoms with E-state index >= 15 is 0 Å². The number of hydrogen-bond acceptors (Lipinski definition) is 2. The van der Waals surface area contributed by atoms with E-state index in [0.717, 1.165) is 24.9 Å². The van der Waals surface area contributed by atoms with Crippen LogP contribution in [-0.4, -0.2) is 19.0 Å². The van der Waals surface area contributed by atoms with E-state index in [2.05, 4.69) is 13.8 Å². The van der Waals surface area contributed by atoms with Gasteiger partial charge in [-0.3, -0.25) is 4.79 Å². The highest BCUT2D eigenvalue weighted by atomic mass is 16.2. The highest BCUT2D eigenvalue weighted by Crippen LogP contribution is 2.19. The molecule has 106 valence electrons. The first-order valence-corrected chi connectivity index (χ1v) is 7.18. The number of aryl methyl sites for hydroxylation is 1. The number of carbonyl (C=O) groups excluding carboxylic acids is 1. The molecule has 0 aliphatic heterocycles. The van der Waals surface area contributed by atoms with Crippen LogP contribution in [0.1, 0.15) is 38.7 Å². The topological polar surface area (TPSA) is 46.3 Å². The SMILES string of the molecule is CCCC(C)C(=O)N(CCCN)c1ccc(C)cc1. The fourth-order valence-electron chi connectivity index (χ4n) is 2.16. The zero-order valence-corrected chi connectivity index (χ0v) is 12.4. The first-order valence-electron chi connectivity index (χ1n) is 7.18. The van der Waals surface area contributed by atoms with Gasteiger partial charge >= 0.3 is 0 Å². The number of hydrogen-bond donors (Lipinski definition) is 1. The molecule has 19 heavy (non-hydrogen) atoms. The molecule has 0 saturated heterocycles. The van der Waals surface area contributed by atoms with Crippen molar-refractivity contribution in [1.82, 2.24) is 0 Å². The molecular formula is C16H26N2O. The molecule has 0 heterocycles. The zero-order chi connectivity index (χ0) is 14.3. The average Bonchev–Trinajstić information content (AvgIpc) is 2.41. The highest BCUT2D eigenvalue weighted by Gasteiger charge is 2.20.